The van der Waals surface area contributed by atoms with Crippen LogP contribution in [0.3, 0.4) is 0 Å². The summed E-state index contributed by atoms with van der Waals surface area (Å²) in [5, 5.41) is 19.6. The summed E-state index contributed by atoms with van der Waals surface area (Å²) in [4.78, 5) is 28.2. The highest BCUT2D eigenvalue weighted by Gasteiger charge is 2.25. The van der Waals surface area contributed by atoms with Crippen molar-refractivity contribution in [3.8, 4) is 17.2 Å². The van der Waals surface area contributed by atoms with Crippen molar-refractivity contribution in [1.29, 1.82) is 5.26 Å². The predicted molar refractivity (Wildman–Crippen MR) is 153 cm³/mol. The number of nitrogens with zero attached hydrogens (tertiary/aromatic N) is 4. The molecular weight excluding hydrogens is 488 g/mol. The second-order valence-corrected chi connectivity index (χ2v) is 9.98. The van der Waals surface area contributed by atoms with Crippen LogP contribution in [0.4, 0.5) is 5.69 Å². The van der Waals surface area contributed by atoms with Crippen molar-refractivity contribution in [1.82, 2.24) is 20.7 Å². The van der Waals surface area contributed by atoms with E-state index in [4.69, 9.17) is 0 Å². The number of fused-ring (bicyclic) bond motifs is 1. The lowest BCUT2D eigenvalue weighted by molar-refractivity contribution is -0.145. The molecule has 3 aromatic carbocycles. The molecule has 2 amide bonds. The van der Waals surface area contributed by atoms with E-state index in [-0.39, 0.29) is 30.9 Å². The third-order valence-corrected chi connectivity index (χ3v) is 6.85. The first-order chi connectivity index (χ1) is 18.9. The van der Waals surface area contributed by atoms with Crippen LogP contribution in [0.2, 0.25) is 0 Å². The van der Waals surface area contributed by atoms with E-state index in [1.807, 2.05) is 53.5 Å². The van der Waals surface area contributed by atoms with Gasteiger partial charge in [-0.3, -0.25) is 19.9 Å². The Morgan fingerprint density at radius 1 is 0.949 bits per heavy atom. The molecule has 8 nitrogen and oxygen atoms in total. The van der Waals surface area contributed by atoms with Crippen LogP contribution in [-0.2, 0) is 22.7 Å². The maximum Gasteiger partial charge on any atom is 0.250 e. The Hall–Kier alpha value is -4.03. The van der Waals surface area contributed by atoms with Crippen molar-refractivity contribution in [3.63, 3.8) is 0 Å². The molecule has 0 saturated carbocycles. The van der Waals surface area contributed by atoms with E-state index in [1.165, 1.54) is 11.1 Å². The summed E-state index contributed by atoms with van der Waals surface area (Å²) in [5.41, 5.74) is 5.44. The molecule has 3 aromatic rings. The average molecular weight is 525 g/mol. The number of hydrogen-bond donors (Lipinski definition) is 2. The molecular formula is C31H36N6O2. The van der Waals surface area contributed by atoms with Crippen molar-refractivity contribution in [2.24, 2.45) is 0 Å². The van der Waals surface area contributed by atoms with Crippen LogP contribution >= 0.6 is 0 Å². The molecule has 0 atom stereocenters. The van der Waals surface area contributed by atoms with Crippen LogP contribution in [0.5, 0.6) is 0 Å². The lowest BCUT2D eigenvalue weighted by Gasteiger charge is -2.28. The molecule has 0 fully saturated rings. The fourth-order valence-electron chi connectivity index (χ4n) is 4.70. The van der Waals surface area contributed by atoms with Crippen molar-refractivity contribution >= 4 is 17.5 Å². The van der Waals surface area contributed by atoms with Gasteiger partial charge in [-0.25, -0.2) is 5.01 Å². The highest BCUT2D eigenvalue weighted by atomic mass is 16.2. The molecule has 1 heterocycles. The van der Waals surface area contributed by atoms with Crippen molar-refractivity contribution in [3.05, 3.63) is 89.5 Å². The second-order valence-electron chi connectivity index (χ2n) is 9.98. The van der Waals surface area contributed by atoms with Crippen LogP contribution in [0.25, 0.3) is 11.1 Å². The zero-order chi connectivity index (χ0) is 27.8. The third kappa shape index (κ3) is 7.09. The molecule has 0 radical (unpaired) electrons. The monoisotopic (exact) mass is 524 g/mol. The van der Waals surface area contributed by atoms with Gasteiger partial charge in [0.1, 0.15) is 0 Å². The van der Waals surface area contributed by atoms with Crippen LogP contribution in [-0.4, -0.2) is 61.1 Å². The molecule has 0 unspecified atom stereocenters. The summed E-state index contributed by atoms with van der Waals surface area (Å²) in [6.45, 7) is 6.53. The number of benzene rings is 3. The maximum atomic E-state index is 13.6. The van der Waals surface area contributed by atoms with E-state index in [0.29, 0.717) is 37.4 Å². The highest BCUT2D eigenvalue weighted by molar-refractivity contribution is 5.99. The number of likely N-dealkylation sites (N-methyl/N-ethyl adjacent to an activating group) is 1. The minimum Gasteiger partial charge on any atom is -0.313 e. The van der Waals surface area contributed by atoms with Crippen LogP contribution in [0.1, 0.15) is 30.5 Å². The number of carbonyl (C=O) groups excluding carboxylic acids is 2. The van der Waals surface area contributed by atoms with E-state index < -0.39 is 0 Å². The molecule has 0 saturated heterocycles. The third-order valence-electron chi connectivity index (χ3n) is 6.85. The number of rotatable bonds is 11. The normalized spacial score (nSPS) is 12.7. The topological polar surface area (TPSA) is 91.7 Å². The fourth-order valence-corrected chi connectivity index (χ4v) is 4.70. The van der Waals surface area contributed by atoms with E-state index in [2.05, 4.69) is 42.7 Å². The van der Waals surface area contributed by atoms with Crippen LogP contribution in [0.15, 0.2) is 72.8 Å². The van der Waals surface area contributed by atoms with Gasteiger partial charge in [-0.05, 0) is 28.8 Å². The molecule has 1 aliphatic rings. The number of hydrazine groups is 1. The summed E-state index contributed by atoms with van der Waals surface area (Å²) in [6, 6.07) is 25.9. The average Bonchev–Trinajstić information content (AvgIpc) is 3.39. The standard InChI is InChI=1S/C31H36N6O2/c1-23(2)34-15-16-37(29-17-24(18-32)13-14-28(29)25-9-5-4-6-10-25)31(39)20-33-19-30(38)35(3)36-21-26-11-7-8-12-27(26)22-36/h4-14,17,23,33-34H,15-16,19-22H2,1-3H3. The zero-order valence-corrected chi connectivity index (χ0v) is 22.9. The number of carbonyl (C=O) groups is 2. The highest BCUT2D eigenvalue weighted by Crippen LogP contribution is 2.32. The van der Waals surface area contributed by atoms with Gasteiger partial charge < -0.3 is 10.2 Å². The van der Waals surface area contributed by atoms with Gasteiger partial charge in [0.2, 0.25) is 5.91 Å². The smallest absolute Gasteiger partial charge is 0.250 e. The van der Waals surface area contributed by atoms with Crippen LogP contribution in [0, 0.1) is 11.3 Å². The second kappa shape index (κ2) is 13.2. The van der Waals surface area contributed by atoms with E-state index >= 15 is 0 Å². The molecule has 2 N–H and O–H groups in total. The summed E-state index contributed by atoms with van der Waals surface area (Å²) in [6.07, 6.45) is 0. The van der Waals surface area contributed by atoms with Gasteiger partial charge >= 0.3 is 0 Å². The predicted octanol–water partition coefficient (Wildman–Crippen LogP) is 3.54. The number of nitrogens with one attached hydrogen (secondary N) is 2. The Morgan fingerprint density at radius 3 is 2.23 bits per heavy atom. The summed E-state index contributed by atoms with van der Waals surface area (Å²) in [5.74, 6) is -0.281. The van der Waals surface area contributed by atoms with Gasteiger partial charge in [0.15, 0.2) is 0 Å². The number of amides is 2. The first-order valence-electron chi connectivity index (χ1n) is 13.3. The molecule has 0 spiro atoms. The SMILES string of the molecule is CC(C)NCCN(C(=O)CNCC(=O)N(C)N1Cc2ccccc2C1)c1cc(C#N)ccc1-c1ccccc1. The summed E-state index contributed by atoms with van der Waals surface area (Å²) >= 11 is 0. The largest absolute Gasteiger partial charge is 0.313 e. The minimum absolute atomic E-state index is 0.00745. The Kier molecular flexibility index (Phi) is 9.45. The molecule has 4 rings (SSSR count). The van der Waals surface area contributed by atoms with Crippen LogP contribution < -0.4 is 15.5 Å². The van der Waals surface area contributed by atoms with Crippen molar-refractivity contribution in [2.45, 2.75) is 33.0 Å². The quantitative estimate of drug-likeness (QED) is 0.399. The van der Waals surface area contributed by atoms with Gasteiger partial charge in [0.25, 0.3) is 5.91 Å². The van der Waals surface area contributed by atoms with Gasteiger partial charge in [0.05, 0.1) is 30.4 Å². The number of anilines is 1. The molecule has 0 bridgehead atoms. The molecule has 1 aliphatic heterocycles. The Morgan fingerprint density at radius 2 is 1.59 bits per heavy atom. The van der Waals surface area contributed by atoms with Gasteiger partial charge in [0, 0.05) is 44.8 Å². The lowest BCUT2D eigenvalue weighted by Crippen LogP contribution is -2.47. The van der Waals surface area contributed by atoms with Gasteiger partial charge in [-0.1, -0.05) is 74.5 Å². The first kappa shape index (κ1) is 28.0. The van der Waals surface area contributed by atoms with Gasteiger partial charge in [-0.2, -0.15) is 5.26 Å². The van der Waals surface area contributed by atoms with E-state index in [1.54, 1.807) is 29.1 Å². The molecule has 0 aliphatic carbocycles. The minimum atomic E-state index is -0.170. The van der Waals surface area contributed by atoms with Crippen molar-refractivity contribution in [2.75, 3.05) is 38.1 Å². The number of nitriles is 1. The fraction of sp³-hybridized carbons (Fsp3) is 0.323. The molecule has 0 aromatic heterocycles. The van der Waals surface area contributed by atoms with E-state index in [9.17, 15) is 14.9 Å². The van der Waals surface area contributed by atoms with Crippen molar-refractivity contribution < 1.29 is 9.59 Å². The van der Waals surface area contributed by atoms with Gasteiger partial charge in [-0.15, -0.1) is 0 Å². The molecule has 39 heavy (non-hydrogen) atoms. The molecule has 202 valence electrons. The Bertz CT molecular complexity index is 1310. The zero-order valence-electron chi connectivity index (χ0n) is 22.9. The number of hydrogen-bond acceptors (Lipinski definition) is 6. The van der Waals surface area contributed by atoms with E-state index in [0.717, 1.165) is 11.1 Å². The maximum absolute atomic E-state index is 13.6. The lowest BCUT2D eigenvalue weighted by atomic mass is 10.0. The Labute approximate surface area is 230 Å². The summed E-state index contributed by atoms with van der Waals surface area (Å²) < 4.78 is 0. The Balaban J connectivity index is 1.45. The summed E-state index contributed by atoms with van der Waals surface area (Å²) in [7, 11) is 1.77. The molecule has 8 heteroatoms. The first-order valence-corrected chi connectivity index (χ1v) is 13.3.